The van der Waals surface area contributed by atoms with Gasteiger partial charge in [0.25, 0.3) is 0 Å². The molecule has 0 heterocycles. The Labute approximate surface area is 143 Å². The van der Waals surface area contributed by atoms with Gasteiger partial charge in [-0.15, -0.1) is 12.6 Å². The van der Waals surface area contributed by atoms with Gasteiger partial charge in [-0.3, -0.25) is 0 Å². The van der Waals surface area contributed by atoms with E-state index in [9.17, 15) is 5.11 Å². The second-order valence-electron chi connectivity index (χ2n) is 5.39. The Kier molecular flexibility index (Phi) is 5.17. The summed E-state index contributed by atoms with van der Waals surface area (Å²) in [7, 11) is -2.03. The SMILES string of the molecule is OCC(S)[P+](c1ccccc1)(c1ccccc1)c1ccccc1. The average molecular weight is 339 g/mol. The smallest absolute Gasteiger partial charge is 0.149 e. The van der Waals surface area contributed by atoms with Gasteiger partial charge in [0.1, 0.15) is 28.2 Å². The zero-order valence-corrected chi connectivity index (χ0v) is 14.6. The molecule has 1 atom stereocenters. The summed E-state index contributed by atoms with van der Waals surface area (Å²) in [5.74, 6) is 0. The van der Waals surface area contributed by atoms with Crippen LogP contribution < -0.4 is 15.9 Å². The molecule has 3 aromatic rings. The predicted molar refractivity (Wildman–Crippen MR) is 105 cm³/mol. The third-order valence-electron chi connectivity index (χ3n) is 4.10. The van der Waals surface area contributed by atoms with E-state index >= 15 is 0 Å². The summed E-state index contributed by atoms with van der Waals surface area (Å²) in [5.41, 5.74) is 0. The molecule has 1 N–H and O–H groups in total. The van der Waals surface area contributed by atoms with E-state index in [4.69, 9.17) is 12.6 Å². The molecular weight excluding hydrogens is 319 g/mol. The van der Waals surface area contributed by atoms with Crippen LogP contribution in [0.15, 0.2) is 91.0 Å². The van der Waals surface area contributed by atoms with Gasteiger partial charge >= 0.3 is 0 Å². The lowest BCUT2D eigenvalue weighted by Crippen LogP contribution is -2.38. The first-order valence-electron chi connectivity index (χ1n) is 7.64. The van der Waals surface area contributed by atoms with Crippen LogP contribution in [0.4, 0.5) is 0 Å². The first-order chi connectivity index (χ1) is 11.3. The van der Waals surface area contributed by atoms with Gasteiger partial charge in [0.15, 0.2) is 0 Å². The van der Waals surface area contributed by atoms with Gasteiger partial charge in [0.05, 0.1) is 6.61 Å². The molecule has 0 spiro atoms. The molecule has 1 nitrogen and oxygen atoms in total. The van der Waals surface area contributed by atoms with Gasteiger partial charge in [-0.05, 0) is 36.4 Å². The van der Waals surface area contributed by atoms with Crippen molar-refractivity contribution in [3.63, 3.8) is 0 Å². The fourth-order valence-corrected chi connectivity index (χ4v) is 8.37. The highest BCUT2D eigenvalue weighted by Crippen LogP contribution is 2.60. The number of aliphatic hydroxyl groups excluding tert-OH is 1. The number of rotatable bonds is 5. The highest BCUT2D eigenvalue weighted by molar-refractivity contribution is 8.06. The summed E-state index contributed by atoms with van der Waals surface area (Å²) < 4.78 is 0. The van der Waals surface area contributed by atoms with Crippen molar-refractivity contribution in [1.29, 1.82) is 0 Å². The van der Waals surface area contributed by atoms with Gasteiger partial charge in [0, 0.05) is 0 Å². The van der Waals surface area contributed by atoms with Crippen LogP contribution in [0.1, 0.15) is 0 Å². The molecule has 0 aliphatic heterocycles. The van der Waals surface area contributed by atoms with Gasteiger partial charge < -0.3 is 5.11 Å². The molecule has 1 unspecified atom stereocenters. The second-order valence-corrected chi connectivity index (χ2v) is 10.0. The normalized spacial score (nSPS) is 12.8. The van der Waals surface area contributed by atoms with Crippen LogP contribution in [0.25, 0.3) is 0 Å². The fourth-order valence-electron chi connectivity index (χ4n) is 3.08. The van der Waals surface area contributed by atoms with Gasteiger partial charge in [0.2, 0.25) is 0 Å². The molecule has 0 amide bonds. The van der Waals surface area contributed by atoms with Crippen molar-refractivity contribution < 1.29 is 5.11 Å². The Morgan fingerprint density at radius 2 is 0.957 bits per heavy atom. The van der Waals surface area contributed by atoms with E-state index < -0.39 is 7.26 Å². The molecule has 0 bridgehead atoms. The molecule has 0 aliphatic rings. The monoisotopic (exact) mass is 339 g/mol. The van der Waals surface area contributed by atoms with Crippen LogP contribution in [-0.2, 0) is 0 Å². The number of aliphatic hydroxyl groups is 1. The van der Waals surface area contributed by atoms with Crippen LogP contribution in [-0.4, -0.2) is 16.7 Å². The zero-order chi connectivity index (χ0) is 16.1. The number of hydrogen-bond acceptors (Lipinski definition) is 2. The number of benzene rings is 3. The molecule has 0 saturated carbocycles. The average Bonchev–Trinajstić information content (AvgIpc) is 2.65. The summed E-state index contributed by atoms with van der Waals surface area (Å²) >= 11 is 4.84. The Hall–Kier alpha value is -1.60. The Morgan fingerprint density at radius 1 is 0.652 bits per heavy atom. The largest absolute Gasteiger partial charge is 0.391 e. The van der Waals surface area contributed by atoms with Crippen molar-refractivity contribution in [3.05, 3.63) is 91.0 Å². The van der Waals surface area contributed by atoms with E-state index in [1.54, 1.807) is 0 Å². The molecule has 0 fully saturated rings. The van der Waals surface area contributed by atoms with Crippen molar-refractivity contribution in [3.8, 4) is 0 Å². The van der Waals surface area contributed by atoms with E-state index in [-0.39, 0.29) is 11.6 Å². The van der Waals surface area contributed by atoms with Crippen molar-refractivity contribution in [2.75, 3.05) is 6.61 Å². The lowest BCUT2D eigenvalue weighted by molar-refractivity contribution is 0.315. The Morgan fingerprint density at radius 3 is 1.22 bits per heavy atom. The zero-order valence-electron chi connectivity index (χ0n) is 12.8. The lowest BCUT2D eigenvalue weighted by atomic mass is 10.4. The molecular formula is C20H20OPS+. The summed E-state index contributed by atoms with van der Waals surface area (Å²) in [6.45, 7) is 0.0373. The molecule has 0 aliphatic carbocycles. The quantitative estimate of drug-likeness (QED) is 0.540. The van der Waals surface area contributed by atoms with Gasteiger partial charge in [-0.25, -0.2) is 0 Å². The molecule has 3 rings (SSSR count). The van der Waals surface area contributed by atoms with Crippen LogP contribution in [0.3, 0.4) is 0 Å². The molecule has 23 heavy (non-hydrogen) atoms. The van der Waals surface area contributed by atoms with E-state index in [1.165, 1.54) is 15.9 Å². The molecule has 3 aromatic carbocycles. The predicted octanol–water partition coefficient (Wildman–Crippen LogP) is 3.23. The minimum Gasteiger partial charge on any atom is -0.391 e. The molecule has 0 aromatic heterocycles. The van der Waals surface area contributed by atoms with Crippen molar-refractivity contribution >= 4 is 35.8 Å². The van der Waals surface area contributed by atoms with Crippen LogP contribution in [0, 0.1) is 0 Å². The van der Waals surface area contributed by atoms with Crippen LogP contribution in [0.2, 0.25) is 0 Å². The van der Waals surface area contributed by atoms with Gasteiger partial charge in [-0.2, -0.15) is 0 Å². The maximum Gasteiger partial charge on any atom is 0.149 e. The van der Waals surface area contributed by atoms with Crippen molar-refractivity contribution in [2.45, 2.75) is 4.99 Å². The Bertz CT molecular complexity index is 635. The Balaban J connectivity index is 2.35. The summed E-state index contributed by atoms with van der Waals surface area (Å²) in [6.07, 6.45) is 0. The molecule has 0 saturated heterocycles. The molecule has 0 radical (unpaired) electrons. The topological polar surface area (TPSA) is 20.2 Å². The second kappa shape index (κ2) is 7.31. The third-order valence-corrected chi connectivity index (χ3v) is 9.70. The fraction of sp³-hybridized carbons (Fsp3) is 0.100. The highest BCUT2D eigenvalue weighted by atomic mass is 32.1. The highest BCUT2D eigenvalue weighted by Gasteiger charge is 2.50. The molecule has 3 heteroatoms. The lowest BCUT2D eigenvalue weighted by Gasteiger charge is -2.31. The first kappa shape index (κ1) is 16.3. The number of hydrogen-bond donors (Lipinski definition) is 2. The van der Waals surface area contributed by atoms with Crippen LogP contribution >= 0.6 is 19.9 Å². The molecule has 116 valence electrons. The standard InChI is InChI=1S/C20H19OPS/c21-16-20(23)22(17-10-4-1-5-11-17,18-12-6-2-7-13-18)19-14-8-3-9-15-19/h1-15,20-21H,16H2/p+1. The summed E-state index contributed by atoms with van der Waals surface area (Å²) in [5, 5.41) is 13.7. The van der Waals surface area contributed by atoms with E-state index in [0.717, 1.165) is 0 Å². The maximum atomic E-state index is 10.0. The third kappa shape index (κ3) is 2.95. The minimum absolute atomic E-state index is 0.0373. The number of thiol groups is 1. The minimum atomic E-state index is -2.03. The van der Waals surface area contributed by atoms with E-state index in [1.807, 2.05) is 18.2 Å². The summed E-state index contributed by atoms with van der Waals surface area (Å²) in [4.78, 5) is -0.144. The van der Waals surface area contributed by atoms with E-state index in [0.29, 0.717) is 0 Å². The first-order valence-corrected chi connectivity index (χ1v) is 10.0. The van der Waals surface area contributed by atoms with Crippen molar-refractivity contribution in [2.24, 2.45) is 0 Å². The van der Waals surface area contributed by atoms with Crippen LogP contribution in [0.5, 0.6) is 0 Å². The maximum absolute atomic E-state index is 10.0. The van der Waals surface area contributed by atoms with Crippen molar-refractivity contribution in [1.82, 2.24) is 0 Å². The van der Waals surface area contributed by atoms with Gasteiger partial charge in [-0.1, -0.05) is 54.6 Å². The van der Waals surface area contributed by atoms with E-state index in [2.05, 4.69) is 72.8 Å². The summed E-state index contributed by atoms with van der Waals surface area (Å²) in [6, 6.07) is 31.4.